The third kappa shape index (κ3) is 2.05. The summed E-state index contributed by atoms with van der Waals surface area (Å²) in [4.78, 5) is 0. The van der Waals surface area contributed by atoms with Crippen LogP contribution >= 0.6 is 0 Å². The molecule has 0 aromatic carbocycles. The van der Waals surface area contributed by atoms with E-state index in [1.165, 1.54) is 51.4 Å². The summed E-state index contributed by atoms with van der Waals surface area (Å²) >= 11 is 0. The van der Waals surface area contributed by atoms with E-state index in [1.54, 1.807) is 5.57 Å². The van der Waals surface area contributed by atoms with Crippen LogP contribution in [-0.4, -0.2) is 6.04 Å². The first kappa shape index (κ1) is 16.6. The van der Waals surface area contributed by atoms with Crippen LogP contribution in [0.15, 0.2) is 22.8 Å². The molecule has 6 rings (SSSR count). The molecular weight excluding hydrogens is 302 g/mol. The highest BCUT2D eigenvalue weighted by Crippen LogP contribution is 2.75. The molecule has 0 aromatic heterocycles. The fourth-order valence-electron chi connectivity index (χ4n) is 8.39. The van der Waals surface area contributed by atoms with Gasteiger partial charge in [-0.1, -0.05) is 39.3 Å². The van der Waals surface area contributed by atoms with Crippen LogP contribution in [0.2, 0.25) is 0 Å². The van der Waals surface area contributed by atoms with Gasteiger partial charge in [0.25, 0.3) is 0 Å². The smallest absolute Gasteiger partial charge is 0.0105 e. The van der Waals surface area contributed by atoms with Crippen LogP contribution in [0.4, 0.5) is 0 Å². The van der Waals surface area contributed by atoms with E-state index in [2.05, 4.69) is 33.8 Å². The molecule has 2 saturated carbocycles. The molecule has 2 fully saturated rings. The lowest BCUT2D eigenvalue weighted by Crippen LogP contribution is -2.52. The molecule has 0 aliphatic heterocycles. The molecule has 0 amide bonds. The van der Waals surface area contributed by atoms with Gasteiger partial charge < -0.3 is 5.73 Å². The van der Waals surface area contributed by atoms with Gasteiger partial charge in [0.05, 0.1) is 0 Å². The summed E-state index contributed by atoms with van der Waals surface area (Å²) < 4.78 is 0. The first-order valence-corrected chi connectivity index (χ1v) is 11.1. The second-order valence-electron chi connectivity index (χ2n) is 10.9. The van der Waals surface area contributed by atoms with Gasteiger partial charge in [0.15, 0.2) is 0 Å². The molecule has 0 aromatic rings. The minimum Gasteiger partial charge on any atom is -0.327 e. The van der Waals surface area contributed by atoms with Crippen molar-refractivity contribution in [3.05, 3.63) is 22.8 Å². The lowest BCUT2D eigenvalue weighted by atomic mass is 9.45. The summed E-state index contributed by atoms with van der Waals surface area (Å²) in [6, 6.07) is 0.409. The van der Waals surface area contributed by atoms with Gasteiger partial charge in [0.2, 0.25) is 0 Å². The van der Waals surface area contributed by atoms with E-state index in [9.17, 15) is 0 Å². The number of rotatable bonds is 1. The second kappa shape index (κ2) is 5.24. The van der Waals surface area contributed by atoms with Crippen molar-refractivity contribution in [3.8, 4) is 0 Å². The van der Waals surface area contributed by atoms with Crippen molar-refractivity contribution in [2.24, 2.45) is 46.2 Å². The SMILES string of the molecule is CCC1CCC(N)C2CC3C4(C)CC5C=C(CCC5C)C1=C2C3(C)C4. The normalized spacial score (nSPS) is 54.0. The second-order valence-corrected chi connectivity index (χ2v) is 10.9. The Morgan fingerprint density at radius 1 is 1.20 bits per heavy atom. The topological polar surface area (TPSA) is 26.0 Å². The molecular formula is C24H37N. The maximum absolute atomic E-state index is 6.81. The van der Waals surface area contributed by atoms with E-state index < -0.39 is 0 Å². The van der Waals surface area contributed by atoms with Gasteiger partial charge in [0, 0.05) is 6.04 Å². The largest absolute Gasteiger partial charge is 0.327 e. The molecule has 25 heavy (non-hydrogen) atoms. The third-order valence-corrected chi connectivity index (χ3v) is 9.48. The number of nitrogens with two attached hydrogens (primary N) is 1. The van der Waals surface area contributed by atoms with Crippen LogP contribution in [-0.2, 0) is 0 Å². The molecule has 1 nitrogen and oxygen atoms in total. The highest BCUT2D eigenvalue weighted by atomic mass is 14.8. The summed E-state index contributed by atoms with van der Waals surface area (Å²) in [6.07, 6.45) is 13.6. The number of hydrogen-bond acceptors (Lipinski definition) is 1. The molecule has 8 unspecified atom stereocenters. The molecule has 1 heteroatoms. The van der Waals surface area contributed by atoms with Crippen molar-refractivity contribution in [1.82, 2.24) is 0 Å². The van der Waals surface area contributed by atoms with Gasteiger partial charge in [-0.15, -0.1) is 0 Å². The van der Waals surface area contributed by atoms with E-state index in [-0.39, 0.29) is 0 Å². The van der Waals surface area contributed by atoms with Crippen molar-refractivity contribution in [2.75, 3.05) is 0 Å². The quantitative estimate of drug-likeness (QED) is 0.636. The number of allylic oxidation sites excluding steroid dienone is 3. The van der Waals surface area contributed by atoms with Crippen molar-refractivity contribution in [3.63, 3.8) is 0 Å². The first-order chi connectivity index (χ1) is 11.9. The summed E-state index contributed by atoms with van der Waals surface area (Å²) in [5.74, 6) is 4.03. The highest BCUT2D eigenvalue weighted by Gasteiger charge is 2.66. The Morgan fingerprint density at radius 3 is 2.76 bits per heavy atom. The average Bonchev–Trinajstić information content (AvgIpc) is 2.74. The van der Waals surface area contributed by atoms with Gasteiger partial charge in [-0.25, -0.2) is 0 Å². The fourth-order valence-corrected chi connectivity index (χ4v) is 8.39. The molecule has 6 aliphatic rings. The molecule has 0 spiro atoms. The molecule has 6 aliphatic carbocycles. The summed E-state index contributed by atoms with van der Waals surface area (Å²) in [5, 5.41) is 0. The van der Waals surface area contributed by atoms with Gasteiger partial charge >= 0.3 is 0 Å². The van der Waals surface area contributed by atoms with Gasteiger partial charge in [0.1, 0.15) is 0 Å². The third-order valence-electron chi connectivity index (χ3n) is 9.48. The molecule has 8 atom stereocenters. The zero-order chi connectivity index (χ0) is 17.6. The van der Waals surface area contributed by atoms with Crippen LogP contribution in [0.5, 0.6) is 0 Å². The minimum atomic E-state index is 0.409. The van der Waals surface area contributed by atoms with Crippen molar-refractivity contribution in [1.29, 1.82) is 0 Å². The fraction of sp³-hybridized carbons (Fsp3) is 0.833. The lowest BCUT2D eigenvalue weighted by Gasteiger charge is -2.59. The maximum atomic E-state index is 6.81. The van der Waals surface area contributed by atoms with Crippen LogP contribution < -0.4 is 5.73 Å². The highest BCUT2D eigenvalue weighted by molar-refractivity contribution is 5.49. The van der Waals surface area contributed by atoms with E-state index in [1.807, 2.05) is 11.1 Å². The van der Waals surface area contributed by atoms with Crippen molar-refractivity contribution < 1.29 is 0 Å². The monoisotopic (exact) mass is 339 g/mol. The minimum absolute atomic E-state index is 0.409. The molecule has 2 N–H and O–H groups in total. The van der Waals surface area contributed by atoms with Crippen LogP contribution in [0.25, 0.3) is 0 Å². The summed E-state index contributed by atoms with van der Waals surface area (Å²) in [7, 11) is 0. The van der Waals surface area contributed by atoms with Crippen LogP contribution in [0.3, 0.4) is 0 Å². The van der Waals surface area contributed by atoms with Crippen molar-refractivity contribution in [2.45, 2.75) is 85.1 Å². The summed E-state index contributed by atoms with van der Waals surface area (Å²) in [6.45, 7) is 10.2. The summed E-state index contributed by atoms with van der Waals surface area (Å²) in [5.41, 5.74) is 13.3. The Labute approximate surface area is 154 Å². The first-order valence-electron chi connectivity index (χ1n) is 11.1. The van der Waals surface area contributed by atoms with Gasteiger partial charge in [-0.05, 0) is 103 Å². The van der Waals surface area contributed by atoms with Crippen LogP contribution in [0, 0.1) is 40.4 Å². The zero-order valence-electron chi connectivity index (χ0n) is 16.8. The van der Waals surface area contributed by atoms with Crippen LogP contribution in [0.1, 0.15) is 79.1 Å². The Balaban J connectivity index is 1.76. The predicted octanol–water partition coefficient (Wildman–Crippen LogP) is 5.86. The van der Waals surface area contributed by atoms with E-state index in [0.717, 1.165) is 23.7 Å². The Morgan fingerprint density at radius 2 is 2.00 bits per heavy atom. The predicted molar refractivity (Wildman–Crippen MR) is 105 cm³/mol. The zero-order valence-corrected chi connectivity index (χ0v) is 16.8. The average molecular weight is 340 g/mol. The molecule has 6 bridgehead atoms. The van der Waals surface area contributed by atoms with Gasteiger partial charge in [-0.3, -0.25) is 0 Å². The van der Waals surface area contributed by atoms with E-state index in [4.69, 9.17) is 5.73 Å². The lowest BCUT2D eigenvalue weighted by molar-refractivity contribution is -0.0781. The molecule has 138 valence electrons. The van der Waals surface area contributed by atoms with E-state index >= 15 is 0 Å². The molecule has 0 heterocycles. The Hall–Kier alpha value is -0.560. The Kier molecular flexibility index (Phi) is 3.48. The molecule has 0 radical (unpaired) electrons. The Bertz CT molecular complexity index is 657. The molecule has 0 saturated heterocycles. The maximum Gasteiger partial charge on any atom is 0.0105 e. The number of hydrogen-bond donors (Lipinski definition) is 1. The van der Waals surface area contributed by atoms with E-state index in [0.29, 0.717) is 22.8 Å². The van der Waals surface area contributed by atoms with Crippen molar-refractivity contribution >= 4 is 0 Å². The van der Waals surface area contributed by atoms with Gasteiger partial charge in [-0.2, -0.15) is 0 Å². The standard InChI is InChI=1S/C24H37N/c1-5-15-8-9-19(25)18-11-20-23(3)12-17-10-16(7-6-14(17)2)21(15)22(18)24(20,4)13-23/h10,14-15,17-20H,5-9,11-13,25H2,1-4H3.